The van der Waals surface area contributed by atoms with E-state index in [2.05, 4.69) is 49.2 Å². The van der Waals surface area contributed by atoms with Crippen LogP contribution in [0.5, 0.6) is 0 Å². The van der Waals surface area contributed by atoms with E-state index in [0.29, 0.717) is 25.0 Å². The van der Waals surface area contributed by atoms with E-state index in [4.69, 9.17) is 0 Å². The van der Waals surface area contributed by atoms with Crippen molar-refractivity contribution < 1.29 is 9.59 Å². The summed E-state index contributed by atoms with van der Waals surface area (Å²) in [5.41, 5.74) is 4.54. The van der Waals surface area contributed by atoms with Crippen molar-refractivity contribution in [3.63, 3.8) is 0 Å². The number of hydrogen-bond donors (Lipinski definition) is 0. The molecule has 3 aromatic rings. The molecule has 3 aromatic carbocycles. The van der Waals surface area contributed by atoms with Gasteiger partial charge < -0.3 is 9.80 Å². The van der Waals surface area contributed by atoms with Crippen LogP contribution in [0.3, 0.4) is 0 Å². The molecular formula is C36H44N4O2. The van der Waals surface area contributed by atoms with Gasteiger partial charge in [0, 0.05) is 38.3 Å². The lowest BCUT2D eigenvalue weighted by Crippen LogP contribution is -2.56. The van der Waals surface area contributed by atoms with Crippen LogP contribution in [-0.2, 0) is 5.41 Å². The van der Waals surface area contributed by atoms with Crippen LogP contribution in [0.25, 0.3) is 0 Å². The number of likely N-dealkylation sites (tertiary alicyclic amines) is 1. The van der Waals surface area contributed by atoms with E-state index >= 15 is 0 Å². The van der Waals surface area contributed by atoms with E-state index in [0.717, 1.165) is 36.2 Å². The molecule has 220 valence electrons. The van der Waals surface area contributed by atoms with Crippen LogP contribution in [0.4, 0.5) is 15.3 Å². The van der Waals surface area contributed by atoms with Crippen LogP contribution in [0.15, 0.2) is 84.9 Å². The Hall–Kier alpha value is -3.64. The van der Waals surface area contributed by atoms with Gasteiger partial charge in [0.1, 0.15) is 0 Å². The van der Waals surface area contributed by atoms with Crippen molar-refractivity contribution in [1.82, 2.24) is 14.7 Å². The summed E-state index contributed by atoms with van der Waals surface area (Å²) < 4.78 is 0. The molecule has 6 rings (SSSR count). The van der Waals surface area contributed by atoms with Gasteiger partial charge in [0.05, 0.1) is 11.7 Å². The van der Waals surface area contributed by atoms with Crippen molar-refractivity contribution in [2.75, 3.05) is 38.6 Å². The molecule has 1 saturated carbocycles. The summed E-state index contributed by atoms with van der Waals surface area (Å²) in [5.74, 6) is 0.562. The van der Waals surface area contributed by atoms with Crippen LogP contribution in [0.2, 0.25) is 0 Å². The van der Waals surface area contributed by atoms with Crippen molar-refractivity contribution in [1.29, 1.82) is 0 Å². The van der Waals surface area contributed by atoms with E-state index in [9.17, 15) is 9.59 Å². The first kappa shape index (κ1) is 28.5. The number of fused-ring (bicyclic) bond motifs is 1. The molecule has 2 heterocycles. The van der Waals surface area contributed by atoms with Gasteiger partial charge in [0.2, 0.25) is 0 Å². The lowest BCUT2D eigenvalue weighted by molar-refractivity contribution is 0.101. The Morgan fingerprint density at radius 1 is 0.857 bits per heavy atom. The summed E-state index contributed by atoms with van der Waals surface area (Å²) in [6.07, 6.45) is 6.84. The van der Waals surface area contributed by atoms with E-state index in [1.807, 2.05) is 59.5 Å². The molecule has 2 fully saturated rings. The number of imide groups is 1. The summed E-state index contributed by atoms with van der Waals surface area (Å²) in [7, 11) is 4.05. The van der Waals surface area contributed by atoms with E-state index in [1.54, 1.807) is 11.9 Å². The summed E-state index contributed by atoms with van der Waals surface area (Å²) in [5, 5.41) is 0. The molecule has 1 atom stereocenters. The number of benzene rings is 3. The number of piperidine rings is 1. The van der Waals surface area contributed by atoms with Gasteiger partial charge in [-0.3, -0.25) is 4.90 Å². The second-order valence-electron chi connectivity index (χ2n) is 12.9. The molecule has 6 nitrogen and oxygen atoms in total. The fraction of sp³-hybridized carbons (Fsp3) is 0.444. The Bertz CT molecular complexity index is 1380. The van der Waals surface area contributed by atoms with Gasteiger partial charge in [-0.1, -0.05) is 85.8 Å². The number of rotatable bonds is 5. The standard InChI is InChI=1S/C36H44N4O2/c1-36(29-14-8-5-9-15-29)22-18-30(19-23-36)37(2)26-27-20-24-39(25-21-27)35(42)40-33(28-12-6-4-7-13-28)31-16-10-11-17-32(31)38(3)34(40)41/h4-17,27,30,33H,18-26H2,1-3H3. The van der Waals surface area contributed by atoms with Crippen LogP contribution < -0.4 is 4.90 Å². The average Bonchev–Trinajstić information content (AvgIpc) is 3.04. The molecule has 42 heavy (non-hydrogen) atoms. The fourth-order valence-electron chi connectivity index (χ4n) is 7.52. The number of hydrogen-bond acceptors (Lipinski definition) is 3. The lowest BCUT2D eigenvalue weighted by Gasteiger charge is -2.44. The van der Waals surface area contributed by atoms with Gasteiger partial charge in [-0.2, -0.15) is 0 Å². The van der Waals surface area contributed by atoms with Crippen LogP contribution in [0, 0.1) is 5.92 Å². The predicted molar refractivity (Wildman–Crippen MR) is 169 cm³/mol. The number of anilines is 1. The van der Waals surface area contributed by atoms with Gasteiger partial charge in [-0.15, -0.1) is 0 Å². The van der Waals surface area contributed by atoms with Gasteiger partial charge in [-0.05, 0) is 74.1 Å². The molecule has 0 radical (unpaired) electrons. The molecule has 2 aliphatic heterocycles. The maximum absolute atomic E-state index is 14.1. The van der Waals surface area contributed by atoms with E-state index in [1.165, 1.54) is 36.1 Å². The summed E-state index contributed by atoms with van der Waals surface area (Å²) in [6.45, 7) is 4.87. The zero-order chi connectivity index (χ0) is 29.3. The second kappa shape index (κ2) is 11.9. The Morgan fingerprint density at radius 2 is 1.45 bits per heavy atom. The molecular weight excluding hydrogens is 520 g/mol. The van der Waals surface area contributed by atoms with Crippen molar-refractivity contribution in [2.45, 2.75) is 62.9 Å². The van der Waals surface area contributed by atoms with E-state index in [-0.39, 0.29) is 17.5 Å². The second-order valence-corrected chi connectivity index (χ2v) is 12.9. The first-order valence-corrected chi connectivity index (χ1v) is 15.6. The Kier molecular flexibility index (Phi) is 8.09. The zero-order valence-corrected chi connectivity index (χ0v) is 25.3. The minimum atomic E-state index is -0.435. The normalized spacial score (nSPS) is 25.0. The minimum Gasteiger partial charge on any atom is -0.324 e. The highest BCUT2D eigenvalue weighted by molar-refractivity contribution is 6.05. The number of carbonyl (C=O) groups is 2. The average molecular weight is 565 g/mol. The third-order valence-corrected chi connectivity index (χ3v) is 10.2. The number of para-hydroxylation sites is 1. The van der Waals surface area contributed by atoms with Gasteiger partial charge in [-0.25, -0.2) is 14.5 Å². The highest BCUT2D eigenvalue weighted by atomic mass is 16.2. The third-order valence-electron chi connectivity index (χ3n) is 10.2. The minimum absolute atomic E-state index is 0.186. The van der Waals surface area contributed by atoms with Crippen molar-refractivity contribution in [3.8, 4) is 0 Å². The van der Waals surface area contributed by atoms with Gasteiger partial charge in [0.15, 0.2) is 0 Å². The van der Waals surface area contributed by atoms with Gasteiger partial charge >= 0.3 is 12.1 Å². The predicted octanol–water partition coefficient (Wildman–Crippen LogP) is 7.31. The molecule has 4 amide bonds. The highest BCUT2D eigenvalue weighted by Crippen LogP contribution is 2.42. The molecule has 1 saturated heterocycles. The van der Waals surface area contributed by atoms with Crippen LogP contribution >= 0.6 is 0 Å². The molecule has 3 aliphatic rings. The third kappa shape index (κ3) is 5.45. The fourth-order valence-corrected chi connectivity index (χ4v) is 7.52. The summed E-state index contributed by atoms with van der Waals surface area (Å²) in [4.78, 5) is 35.3. The smallest absolute Gasteiger partial charge is 0.324 e. The van der Waals surface area contributed by atoms with Crippen LogP contribution in [0.1, 0.15) is 68.2 Å². The number of urea groups is 2. The number of nitrogens with zero attached hydrogens (tertiary/aromatic N) is 4. The van der Waals surface area contributed by atoms with Crippen LogP contribution in [-0.4, -0.2) is 66.5 Å². The molecule has 0 bridgehead atoms. The van der Waals surface area contributed by atoms with Crippen molar-refractivity contribution in [3.05, 3.63) is 102 Å². The molecule has 1 unspecified atom stereocenters. The molecule has 6 heteroatoms. The summed E-state index contributed by atoms with van der Waals surface area (Å²) in [6, 6.07) is 28.6. The Morgan fingerprint density at radius 3 is 2.12 bits per heavy atom. The largest absolute Gasteiger partial charge is 0.333 e. The number of carbonyl (C=O) groups excluding carboxylic acids is 2. The molecule has 1 aliphatic carbocycles. The lowest BCUT2D eigenvalue weighted by atomic mass is 9.69. The first-order chi connectivity index (χ1) is 20.4. The first-order valence-electron chi connectivity index (χ1n) is 15.6. The van der Waals surface area contributed by atoms with Gasteiger partial charge in [0.25, 0.3) is 0 Å². The maximum atomic E-state index is 14.1. The Balaban J connectivity index is 1.08. The SMILES string of the molecule is CN1C(=O)N(C(=O)N2CCC(CN(C)C3CCC(C)(c4ccccc4)CC3)CC2)C(c2ccccc2)c2ccccc21. The molecule has 0 aromatic heterocycles. The van der Waals surface area contributed by atoms with Crippen molar-refractivity contribution >= 4 is 17.7 Å². The van der Waals surface area contributed by atoms with E-state index < -0.39 is 6.04 Å². The highest BCUT2D eigenvalue weighted by Gasteiger charge is 2.43. The molecule has 0 N–H and O–H groups in total. The maximum Gasteiger partial charge on any atom is 0.333 e. The zero-order valence-electron chi connectivity index (χ0n) is 25.3. The number of amides is 4. The summed E-state index contributed by atoms with van der Waals surface area (Å²) >= 11 is 0. The topological polar surface area (TPSA) is 47.1 Å². The Labute approximate surface area is 250 Å². The quantitative estimate of drug-likeness (QED) is 0.326. The monoisotopic (exact) mass is 564 g/mol. The molecule has 0 spiro atoms. The van der Waals surface area contributed by atoms with Crippen molar-refractivity contribution in [2.24, 2.45) is 5.92 Å².